The first-order valence-electron chi connectivity index (χ1n) is 11.8. The van der Waals surface area contributed by atoms with Crippen LogP contribution in [0.1, 0.15) is 47.3 Å². The number of hydrogen-bond donors (Lipinski definition) is 1. The van der Waals surface area contributed by atoms with E-state index in [9.17, 15) is 4.79 Å². The van der Waals surface area contributed by atoms with E-state index >= 15 is 0 Å². The number of piperidine rings is 1. The van der Waals surface area contributed by atoms with E-state index < -0.39 is 0 Å². The molecule has 178 valence electrons. The molecule has 6 heteroatoms. The van der Waals surface area contributed by atoms with Crippen LogP contribution >= 0.6 is 0 Å². The zero-order valence-corrected chi connectivity index (χ0v) is 20.4. The summed E-state index contributed by atoms with van der Waals surface area (Å²) >= 11 is 0. The maximum atomic E-state index is 13.1. The van der Waals surface area contributed by atoms with Crippen LogP contribution in [0, 0.1) is 5.92 Å². The van der Waals surface area contributed by atoms with E-state index in [4.69, 9.17) is 14.2 Å². The summed E-state index contributed by atoms with van der Waals surface area (Å²) in [6, 6.07) is 12.4. The van der Waals surface area contributed by atoms with Crippen LogP contribution in [0.3, 0.4) is 0 Å². The fourth-order valence-corrected chi connectivity index (χ4v) is 5.61. The molecule has 1 aliphatic heterocycles. The number of carbonyl (C=O) groups is 1. The Morgan fingerprint density at radius 1 is 1.15 bits per heavy atom. The number of fused-ring (bicyclic) bond motifs is 4. The molecule has 0 saturated carbocycles. The monoisotopic (exact) mass is 452 g/mol. The summed E-state index contributed by atoms with van der Waals surface area (Å²) in [6.45, 7) is 7.96. The number of amides is 1. The summed E-state index contributed by atoms with van der Waals surface area (Å²) in [5, 5.41) is 3.06. The van der Waals surface area contributed by atoms with Gasteiger partial charge in [0.25, 0.3) is 5.91 Å². The van der Waals surface area contributed by atoms with Crippen molar-refractivity contribution in [3.8, 4) is 11.5 Å². The van der Waals surface area contributed by atoms with Gasteiger partial charge in [0.1, 0.15) is 11.5 Å². The maximum absolute atomic E-state index is 13.1. The molecule has 1 unspecified atom stereocenters. The third kappa shape index (κ3) is 4.46. The second-order valence-corrected chi connectivity index (χ2v) is 9.49. The topological polar surface area (TPSA) is 60.0 Å². The quantitative estimate of drug-likeness (QED) is 0.660. The molecular weight excluding hydrogens is 416 g/mol. The number of benzene rings is 2. The van der Waals surface area contributed by atoms with Crippen LogP contribution in [0.5, 0.6) is 11.5 Å². The molecule has 4 rings (SSSR count). The van der Waals surface area contributed by atoms with Crippen LogP contribution < -0.4 is 14.8 Å². The lowest BCUT2D eigenvalue weighted by atomic mass is 9.59. The van der Waals surface area contributed by atoms with Gasteiger partial charge < -0.3 is 19.5 Å². The summed E-state index contributed by atoms with van der Waals surface area (Å²) in [6.07, 6.45) is 2.12. The van der Waals surface area contributed by atoms with E-state index in [1.807, 2.05) is 24.3 Å². The third-order valence-corrected chi connectivity index (χ3v) is 7.90. The van der Waals surface area contributed by atoms with Crippen molar-refractivity contribution in [3.63, 3.8) is 0 Å². The highest BCUT2D eigenvalue weighted by Crippen LogP contribution is 2.48. The summed E-state index contributed by atoms with van der Waals surface area (Å²) < 4.78 is 16.1. The summed E-state index contributed by atoms with van der Waals surface area (Å²) in [5.74, 6) is 1.89. The average molecular weight is 453 g/mol. The fraction of sp³-hybridized carbons (Fsp3) is 0.519. The molecule has 1 saturated heterocycles. The first-order chi connectivity index (χ1) is 15.9. The average Bonchev–Trinajstić information content (AvgIpc) is 2.84. The zero-order valence-electron chi connectivity index (χ0n) is 20.4. The standard InChI is InChI=1S/C27H36N2O4/c1-18-24-15-19-6-7-20(14-23(19)27(18,2)10-11-29(24)12-13-31-3)26(30)28-17-21-8-9-22(32-4)16-25(21)33-5/h6-9,14,16,18,24H,10-13,15,17H2,1-5H3,(H,28,30)/t18-,24+,27?/m0/s1. The van der Waals surface area contributed by atoms with E-state index in [2.05, 4.69) is 36.2 Å². The van der Waals surface area contributed by atoms with Crippen LogP contribution in [0.4, 0.5) is 0 Å². The maximum Gasteiger partial charge on any atom is 0.251 e. The second kappa shape index (κ2) is 9.74. The van der Waals surface area contributed by atoms with E-state index in [0.717, 1.165) is 49.4 Å². The Labute approximate surface area is 197 Å². The third-order valence-electron chi connectivity index (χ3n) is 7.90. The number of nitrogens with one attached hydrogen (secondary N) is 1. The predicted molar refractivity (Wildman–Crippen MR) is 129 cm³/mol. The zero-order chi connectivity index (χ0) is 23.6. The van der Waals surface area contributed by atoms with Gasteiger partial charge in [-0.15, -0.1) is 0 Å². The fourth-order valence-electron chi connectivity index (χ4n) is 5.61. The van der Waals surface area contributed by atoms with Gasteiger partial charge in [-0.25, -0.2) is 0 Å². The molecule has 0 spiro atoms. The predicted octanol–water partition coefficient (Wildman–Crippen LogP) is 3.80. The molecule has 2 aliphatic rings. The molecule has 1 heterocycles. The first-order valence-corrected chi connectivity index (χ1v) is 11.8. The van der Waals surface area contributed by atoms with Crippen molar-refractivity contribution in [2.45, 2.75) is 44.7 Å². The molecule has 3 atom stereocenters. The lowest BCUT2D eigenvalue weighted by molar-refractivity contribution is 0.0157. The number of likely N-dealkylation sites (tertiary alicyclic amines) is 1. The Hall–Kier alpha value is -2.57. The smallest absolute Gasteiger partial charge is 0.251 e. The summed E-state index contributed by atoms with van der Waals surface area (Å²) in [5.41, 5.74) is 4.42. The van der Waals surface area contributed by atoms with Gasteiger partial charge in [-0.05, 0) is 66.1 Å². The highest BCUT2D eigenvalue weighted by atomic mass is 16.5. The van der Waals surface area contributed by atoms with Gasteiger partial charge in [0.05, 0.1) is 20.8 Å². The molecule has 2 aromatic carbocycles. The molecule has 1 fully saturated rings. The molecule has 1 aliphatic carbocycles. The van der Waals surface area contributed by atoms with E-state index in [1.54, 1.807) is 21.3 Å². The van der Waals surface area contributed by atoms with Crippen molar-refractivity contribution in [1.29, 1.82) is 0 Å². The molecule has 0 radical (unpaired) electrons. The van der Waals surface area contributed by atoms with Gasteiger partial charge in [-0.1, -0.05) is 19.9 Å². The molecular formula is C27H36N2O4. The number of methoxy groups -OCH3 is 3. The van der Waals surface area contributed by atoms with Gasteiger partial charge in [0, 0.05) is 43.4 Å². The van der Waals surface area contributed by atoms with Crippen LogP contribution in [-0.4, -0.2) is 57.9 Å². The van der Waals surface area contributed by atoms with E-state index in [1.165, 1.54) is 11.1 Å². The molecule has 1 amide bonds. The van der Waals surface area contributed by atoms with Crippen molar-refractivity contribution < 1.29 is 19.0 Å². The normalized spacial score (nSPS) is 24.2. The summed E-state index contributed by atoms with van der Waals surface area (Å²) in [4.78, 5) is 15.6. The van der Waals surface area contributed by atoms with Crippen molar-refractivity contribution >= 4 is 5.91 Å². The van der Waals surface area contributed by atoms with E-state index in [-0.39, 0.29) is 11.3 Å². The Kier molecular flexibility index (Phi) is 6.96. The van der Waals surface area contributed by atoms with Gasteiger partial charge in [-0.3, -0.25) is 9.69 Å². The Morgan fingerprint density at radius 3 is 2.70 bits per heavy atom. The number of hydrogen-bond acceptors (Lipinski definition) is 5. The minimum Gasteiger partial charge on any atom is -0.497 e. The van der Waals surface area contributed by atoms with Crippen LogP contribution in [0.15, 0.2) is 36.4 Å². The van der Waals surface area contributed by atoms with Gasteiger partial charge in [0.2, 0.25) is 0 Å². The number of rotatable bonds is 8. The molecule has 33 heavy (non-hydrogen) atoms. The Morgan fingerprint density at radius 2 is 1.97 bits per heavy atom. The lowest BCUT2D eigenvalue weighted by Crippen LogP contribution is -2.58. The largest absolute Gasteiger partial charge is 0.497 e. The highest BCUT2D eigenvalue weighted by molar-refractivity contribution is 5.94. The van der Waals surface area contributed by atoms with E-state index in [0.29, 0.717) is 24.3 Å². The van der Waals surface area contributed by atoms with Crippen LogP contribution in [-0.2, 0) is 23.1 Å². The van der Waals surface area contributed by atoms with Crippen LogP contribution in [0.25, 0.3) is 0 Å². The Balaban J connectivity index is 1.51. The Bertz CT molecular complexity index is 1010. The number of carbonyl (C=O) groups excluding carboxylic acids is 1. The van der Waals surface area contributed by atoms with Crippen molar-refractivity contribution in [2.75, 3.05) is 41.0 Å². The SMILES string of the molecule is COCCN1CCC2(C)c3cc(C(=O)NCc4ccc(OC)cc4OC)ccc3C[C@@H]1[C@@H]2C. The van der Waals surface area contributed by atoms with Gasteiger partial charge >= 0.3 is 0 Å². The van der Waals surface area contributed by atoms with Crippen LogP contribution in [0.2, 0.25) is 0 Å². The first kappa shape index (κ1) is 23.6. The number of ether oxygens (including phenoxy) is 3. The van der Waals surface area contributed by atoms with Crippen molar-refractivity contribution in [1.82, 2.24) is 10.2 Å². The number of nitrogens with zero attached hydrogens (tertiary/aromatic N) is 1. The summed E-state index contributed by atoms with van der Waals surface area (Å²) in [7, 11) is 5.02. The molecule has 1 N–H and O–H groups in total. The molecule has 2 aromatic rings. The highest BCUT2D eigenvalue weighted by Gasteiger charge is 2.48. The lowest BCUT2D eigenvalue weighted by Gasteiger charge is -2.54. The minimum atomic E-state index is -0.0634. The van der Waals surface area contributed by atoms with Gasteiger partial charge in [0.15, 0.2) is 0 Å². The molecule has 6 nitrogen and oxygen atoms in total. The van der Waals surface area contributed by atoms with Crippen molar-refractivity contribution in [3.05, 3.63) is 58.7 Å². The van der Waals surface area contributed by atoms with Gasteiger partial charge in [-0.2, -0.15) is 0 Å². The minimum absolute atomic E-state index is 0.0634. The molecule has 0 aromatic heterocycles. The van der Waals surface area contributed by atoms with Crippen molar-refractivity contribution in [2.24, 2.45) is 5.92 Å². The molecule has 2 bridgehead atoms. The second-order valence-electron chi connectivity index (χ2n) is 9.49.